The normalized spacial score (nSPS) is 19.6. The van der Waals surface area contributed by atoms with E-state index >= 15 is 0 Å². The summed E-state index contributed by atoms with van der Waals surface area (Å²) in [5, 5.41) is 33.2. The second-order valence-electron chi connectivity index (χ2n) is 11.5. The van der Waals surface area contributed by atoms with E-state index in [1.165, 1.54) is 22.8 Å². The molecular weight excluding hydrogens is 572 g/mol. The van der Waals surface area contributed by atoms with Gasteiger partial charge < -0.3 is 41.5 Å². The van der Waals surface area contributed by atoms with Crippen LogP contribution in [0.15, 0.2) is 78.9 Å². The molecule has 3 aliphatic rings. The molecule has 1 saturated heterocycles. The van der Waals surface area contributed by atoms with Crippen LogP contribution in [0, 0.1) is 10.1 Å². The first-order chi connectivity index (χ1) is 22.7. The molecule has 1 amide bonds. The summed E-state index contributed by atoms with van der Waals surface area (Å²) < 4.78 is 17.9. The Morgan fingerprint density at radius 3 is 2.22 bits per heavy atom. The number of hydrogen-bond acceptors (Lipinski definition) is 10. The zero-order valence-electron chi connectivity index (χ0n) is 26.6. The highest BCUT2D eigenvalue weighted by molar-refractivity contribution is 6.04. The topological polar surface area (TPSA) is 147 Å². The smallest absolute Gasteiger partial charge is 0.275 e. The number of likely N-dealkylation sites (N-methyl/N-ethyl adjacent to an activating group) is 1. The fourth-order valence-electron chi connectivity index (χ4n) is 5.87. The van der Waals surface area contributed by atoms with E-state index in [2.05, 4.69) is 44.9 Å². The maximum Gasteiger partial charge on any atom is 0.275 e. The van der Waals surface area contributed by atoms with Crippen LogP contribution in [-0.2, 0) is 6.61 Å². The minimum Gasteiger partial charge on any atom is -0.391 e. The van der Waals surface area contributed by atoms with Gasteiger partial charge in [0, 0.05) is 49.2 Å². The van der Waals surface area contributed by atoms with Gasteiger partial charge in [0.2, 0.25) is 0 Å². The van der Waals surface area contributed by atoms with Gasteiger partial charge in [-0.05, 0) is 72.8 Å². The molecule has 0 spiro atoms. The van der Waals surface area contributed by atoms with Gasteiger partial charge in [0.25, 0.3) is 11.6 Å². The lowest BCUT2D eigenvalue weighted by Crippen LogP contribution is -2.44. The fraction of sp³-hybridized carbons (Fsp3) is 0.242. The molecule has 4 aromatic rings. The molecule has 45 heavy (non-hydrogen) atoms. The number of carbonyl (C=O) groups excluding carboxylic acids is 1. The van der Waals surface area contributed by atoms with E-state index in [0.29, 0.717) is 11.4 Å². The van der Waals surface area contributed by atoms with Crippen LogP contribution in [-0.4, -0.2) is 54.1 Å². The number of rotatable bonds is 7. The predicted molar refractivity (Wildman–Crippen MR) is 176 cm³/mol. The van der Waals surface area contributed by atoms with Crippen molar-refractivity contribution in [2.45, 2.75) is 18.9 Å². The molecule has 4 aromatic carbocycles. The van der Waals surface area contributed by atoms with Gasteiger partial charge >= 0.3 is 0 Å². The lowest BCUT2D eigenvalue weighted by atomic mass is 10.1. The Labute approximate surface area is 263 Å². The van der Waals surface area contributed by atoms with Crippen molar-refractivity contribution >= 4 is 45.7 Å². The van der Waals surface area contributed by atoms with Gasteiger partial charge in [-0.2, -0.15) is 0 Å². The molecule has 3 aliphatic heterocycles. The number of nitro groups is 1. The number of carbonyl (C=O) groups is 1. The van der Waals surface area contributed by atoms with Crippen molar-refractivity contribution in [1.29, 1.82) is 0 Å². The van der Waals surface area contributed by atoms with Crippen molar-refractivity contribution in [3.8, 4) is 0 Å². The Hall–Kier alpha value is -5.33. The van der Waals surface area contributed by atoms with E-state index in [-0.39, 0.29) is 16.8 Å². The summed E-state index contributed by atoms with van der Waals surface area (Å²) in [7, 11) is 2.13. The summed E-state index contributed by atoms with van der Waals surface area (Å²) in [6.45, 7) is 3.42. The minimum absolute atomic E-state index is 0.0978. The van der Waals surface area contributed by atoms with Crippen LogP contribution in [0.3, 0.4) is 0 Å². The first kappa shape index (κ1) is 26.1. The monoisotopic (exact) mass is 608 g/mol. The number of hydrogen-bond donors (Lipinski definition) is 6. The maximum absolute atomic E-state index is 12.8. The summed E-state index contributed by atoms with van der Waals surface area (Å²) in [5.74, 6) is -0.520. The quantitative estimate of drug-likeness (QED) is 0.123. The van der Waals surface area contributed by atoms with Gasteiger partial charge in [-0.1, -0.05) is 18.2 Å². The second-order valence-corrected chi connectivity index (χ2v) is 11.5. The summed E-state index contributed by atoms with van der Waals surface area (Å²) in [5.41, 5.74) is 6.36. The molecule has 0 radical (unpaired) electrons. The number of anilines is 6. The number of benzene rings is 4. The molecule has 0 aliphatic carbocycles. The summed E-state index contributed by atoms with van der Waals surface area (Å²) in [6, 6.07) is 23.0. The van der Waals surface area contributed by atoms with Crippen LogP contribution >= 0.6 is 0 Å². The van der Waals surface area contributed by atoms with Gasteiger partial charge in [-0.3, -0.25) is 14.9 Å². The zero-order chi connectivity index (χ0) is 32.8. The van der Waals surface area contributed by atoms with Crippen molar-refractivity contribution < 1.29 is 17.6 Å². The molecule has 2 atom stereocenters. The third-order valence-electron chi connectivity index (χ3n) is 8.51. The highest BCUT2D eigenvalue weighted by atomic mass is 16.6. The third kappa shape index (κ3) is 5.68. The number of fused-ring (bicyclic) bond motifs is 2. The van der Waals surface area contributed by atoms with Crippen molar-refractivity contribution in [3.63, 3.8) is 0 Å². The van der Waals surface area contributed by atoms with Gasteiger partial charge in [0.05, 0.1) is 39.8 Å². The SMILES string of the molecule is [2H]N1c2cc(C3Nc4ccc(N5CCN(C)CC5)cc4N3[2H])ccc2NC1c1ccc(NC(=O)c2ccc(CO)c([N+](=O)[O-])c2)cc1. The van der Waals surface area contributed by atoms with Crippen LogP contribution in [0.5, 0.6) is 0 Å². The molecule has 0 bridgehead atoms. The van der Waals surface area contributed by atoms with Crippen LogP contribution in [0.4, 0.5) is 39.8 Å². The number of nitro benzene ring substituents is 1. The molecule has 0 aromatic heterocycles. The second kappa shape index (κ2) is 11.6. The van der Waals surface area contributed by atoms with Crippen LogP contribution in [0.25, 0.3) is 0 Å². The van der Waals surface area contributed by atoms with E-state index in [4.69, 9.17) is 2.82 Å². The highest BCUT2D eigenvalue weighted by Gasteiger charge is 2.27. The average Bonchev–Trinajstić information content (AvgIpc) is 3.60. The Morgan fingerprint density at radius 2 is 1.53 bits per heavy atom. The Kier molecular flexibility index (Phi) is 6.75. The molecule has 0 saturated carbocycles. The number of nitrogens with one attached hydrogen (secondary N) is 5. The highest BCUT2D eigenvalue weighted by Crippen LogP contribution is 2.41. The largest absolute Gasteiger partial charge is 0.391 e. The number of piperazine rings is 1. The van der Waals surface area contributed by atoms with Crippen LogP contribution in [0.1, 0.15) is 39.4 Å². The summed E-state index contributed by atoms with van der Waals surface area (Å²) in [6.07, 6.45) is -0.889. The lowest BCUT2D eigenvalue weighted by molar-refractivity contribution is -0.385. The number of aliphatic hydroxyl groups excluding tert-OH is 1. The first-order valence-electron chi connectivity index (χ1n) is 15.7. The maximum atomic E-state index is 12.8. The van der Waals surface area contributed by atoms with Gasteiger partial charge in [-0.25, -0.2) is 0 Å². The first-order valence-corrected chi connectivity index (χ1v) is 14.8. The standard InChI is InChI=1S/C33H34N8O4/c1-39-12-14-40(15-13-39)25-9-11-27-29(18-25)38-32(36-27)21-6-10-26-28(16-21)37-31(35-26)20-4-7-24(8-5-20)34-33(43)22-2-3-23(19-42)30(17-22)41(44)45/h2-11,16-18,31-32,35-38,42H,12-15,19H2,1H3,(H,34,43)/i/hD2. The molecule has 12 nitrogen and oxygen atoms in total. The number of aliphatic hydroxyl groups is 1. The van der Waals surface area contributed by atoms with Crippen LogP contribution in [0.2, 0.25) is 2.82 Å². The van der Waals surface area contributed by atoms with E-state index in [1.807, 2.05) is 24.3 Å². The average molecular weight is 609 g/mol. The lowest BCUT2D eigenvalue weighted by Gasteiger charge is -2.34. The molecular formula is C33H34N8O4. The van der Waals surface area contributed by atoms with Gasteiger partial charge in [0.1, 0.15) is 12.3 Å². The molecule has 2 unspecified atom stereocenters. The molecule has 230 valence electrons. The summed E-state index contributed by atoms with van der Waals surface area (Å²) >= 11 is 0. The Balaban J connectivity index is 1.03. The van der Waals surface area contributed by atoms with E-state index in [0.717, 1.165) is 66.1 Å². The Bertz CT molecular complexity index is 1850. The molecule has 7 rings (SSSR count). The minimum atomic E-state index is -0.629. The van der Waals surface area contributed by atoms with Crippen molar-refractivity contribution in [2.24, 2.45) is 0 Å². The van der Waals surface area contributed by atoms with Crippen LogP contribution < -0.4 is 31.5 Å². The predicted octanol–water partition coefficient (Wildman–Crippen LogP) is 5.16. The van der Waals surface area contributed by atoms with Crippen molar-refractivity contribution in [1.82, 2.24) is 4.90 Å². The van der Waals surface area contributed by atoms with E-state index in [9.17, 15) is 20.0 Å². The van der Waals surface area contributed by atoms with E-state index < -0.39 is 29.8 Å². The van der Waals surface area contributed by atoms with Gasteiger partial charge in [-0.15, -0.1) is 0 Å². The number of nitrogens with zero attached hydrogens (tertiary/aromatic N) is 3. The molecule has 3 heterocycles. The molecule has 12 heteroatoms. The fourth-order valence-corrected chi connectivity index (χ4v) is 5.87. The zero-order valence-corrected chi connectivity index (χ0v) is 24.6. The Morgan fingerprint density at radius 1 is 0.889 bits per heavy atom. The third-order valence-corrected chi connectivity index (χ3v) is 8.51. The van der Waals surface area contributed by atoms with Crippen molar-refractivity contribution in [2.75, 3.05) is 64.7 Å². The number of amides is 1. The molecule has 6 N–H and O–H groups in total. The van der Waals surface area contributed by atoms with Gasteiger partial charge in [0.15, 0.2) is 2.82 Å². The van der Waals surface area contributed by atoms with E-state index in [1.54, 1.807) is 24.3 Å². The molecule has 1 fully saturated rings. The van der Waals surface area contributed by atoms with Crippen molar-refractivity contribution in [3.05, 3.63) is 111 Å². The summed E-state index contributed by atoms with van der Waals surface area (Å²) in [4.78, 5) is 28.2.